The molecule has 116 valence electrons. The molecule has 0 unspecified atom stereocenters. The Balaban J connectivity index is 1.93. The third kappa shape index (κ3) is 3.86. The highest BCUT2D eigenvalue weighted by atomic mass is 35.5. The van der Waals surface area contributed by atoms with Gasteiger partial charge in [0.15, 0.2) is 5.75 Å². The summed E-state index contributed by atoms with van der Waals surface area (Å²) >= 11 is 11.8. The molecular formula is C14H19Cl2N3O2. The highest BCUT2D eigenvalue weighted by molar-refractivity contribution is 6.37. The molecule has 1 aliphatic rings. The van der Waals surface area contributed by atoms with Gasteiger partial charge in [-0.1, -0.05) is 23.2 Å². The Morgan fingerprint density at radius 1 is 1.29 bits per heavy atom. The number of rotatable bonds is 2. The number of urea groups is 1. The van der Waals surface area contributed by atoms with Gasteiger partial charge < -0.3 is 20.2 Å². The fourth-order valence-corrected chi connectivity index (χ4v) is 2.87. The second-order valence-electron chi connectivity index (χ2n) is 5.37. The molecule has 1 heterocycles. The number of likely N-dealkylation sites (tertiary alicyclic amines) is 1. The highest BCUT2D eigenvalue weighted by Gasteiger charge is 2.23. The normalized spacial score (nSPS) is 15.9. The standard InChI is InChI=1S/C14H19Cl2N3O2/c1-18(2)14(21)19-5-3-9(4-6-19)17-10-7-11(15)13(20)12(16)8-10/h7-9,17,20H,3-6H2,1-2H3. The molecule has 0 atom stereocenters. The number of carbonyl (C=O) groups excluding carboxylic acids is 1. The Labute approximate surface area is 134 Å². The summed E-state index contributed by atoms with van der Waals surface area (Å²) in [4.78, 5) is 15.3. The molecule has 1 aromatic carbocycles. The third-order valence-corrected chi connectivity index (χ3v) is 4.11. The van der Waals surface area contributed by atoms with Crippen LogP contribution in [0.5, 0.6) is 5.75 Å². The molecule has 0 radical (unpaired) electrons. The first-order valence-corrected chi connectivity index (χ1v) is 7.55. The van der Waals surface area contributed by atoms with Gasteiger partial charge in [-0.15, -0.1) is 0 Å². The fraction of sp³-hybridized carbons (Fsp3) is 0.500. The van der Waals surface area contributed by atoms with E-state index in [1.165, 1.54) is 0 Å². The summed E-state index contributed by atoms with van der Waals surface area (Å²) in [6, 6.07) is 3.61. The molecule has 21 heavy (non-hydrogen) atoms. The van der Waals surface area contributed by atoms with E-state index < -0.39 is 0 Å². The summed E-state index contributed by atoms with van der Waals surface area (Å²) in [6.45, 7) is 1.43. The second-order valence-corrected chi connectivity index (χ2v) is 6.19. The fourth-order valence-electron chi connectivity index (χ4n) is 2.38. The Bertz CT molecular complexity index is 506. The van der Waals surface area contributed by atoms with Crippen LogP contribution in [0.4, 0.5) is 10.5 Å². The van der Waals surface area contributed by atoms with Gasteiger partial charge >= 0.3 is 6.03 Å². The number of benzene rings is 1. The molecule has 2 rings (SSSR count). The van der Waals surface area contributed by atoms with Crippen molar-refractivity contribution in [3.63, 3.8) is 0 Å². The van der Waals surface area contributed by atoms with E-state index in [-0.39, 0.29) is 27.9 Å². The maximum atomic E-state index is 11.9. The number of hydrogen-bond acceptors (Lipinski definition) is 3. The van der Waals surface area contributed by atoms with Gasteiger partial charge in [0.2, 0.25) is 0 Å². The molecule has 0 spiro atoms. The Morgan fingerprint density at radius 3 is 2.29 bits per heavy atom. The van der Waals surface area contributed by atoms with Gasteiger partial charge in [-0.2, -0.15) is 0 Å². The number of carbonyl (C=O) groups is 1. The van der Waals surface area contributed by atoms with Crippen molar-refractivity contribution >= 4 is 34.9 Å². The first-order chi connectivity index (χ1) is 9.88. The molecule has 1 fully saturated rings. The lowest BCUT2D eigenvalue weighted by atomic mass is 10.0. The van der Waals surface area contributed by atoms with Crippen molar-refractivity contribution in [3.8, 4) is 5.75 Å². The van der Waals surface area contributed by atoms with Gasteiger partial charge in [-0.05, 0) is 25.0 Å². The SMILES string of the molecule is CN(C)C(=O)N1CCC(Nc2cc(Cl)c(O)c(Cl)c2)CC1. The van der Waals surface area contributed by atoms with Crippen LogP contribution in [0, 0.1) is 0 Å². The minimum Gasteiger partial charge on any atom is -0.505 e. The smallest absolute Gasteiger partial charge is 0.319 e. The van der Waals surface area contributed by atoms with Crippen LogP contribution < -0.4 is 5.32 Å². The van der Waals surface area contributed by atoms with Crippen molar-refractivity contribution in [2.24, 2.45) is 0 Å². The molecule has 7 heteroatoms. The second kappa shape index (κ2) is 6.62. The number of phenolic OH excluding ortho intramolecular Hbond substituents is 1. The number of hydrogen-bond donors (Lipinski definition) is 2. The van der Waals surface area contributed by atoms with Crippen LogP contribution in [0.15, 0.2) is 12.1 Å². The van der Waals surface area contributed by atoms with Crippen LogP contribution in [-0.4, -0.2) is 54.2 Å². The maximum Gasteiger partial charge on any atom is 0.319 e. The minimum absolute atomic E-state index is 0.0455. The lowest BCUT2D eigenvalue weighted by Crippen LogP contribution is -2.46. The highest BCUT2D eigenvalue weighted by Crippen LogP contribution is 2.35. The predicted molar refractivity (Wildman–Crippen MR) is 85.4 cm³/mol. The summed E-state index contributed by atoms with van der Waals surface area (Å²) in [5.74, 6) is -0.102. The molecule has 2 amide bonds. The number of anilines is 1. The average Bonchev–Trinajstić information content (AvgIpc) is 2.44. The van der Waals surface area contributed by atoms with E-state index in [2.05, 4.69) is 5.32 Å². The Kier molecular flexibility index (Phi) is 5.06. The van der Waals surface area contributed by atoms with E-state index in [0.717, 1.165) is 18.5 Å². The lowest BCUT2D eigenvalue weighted by molar-refractivity contribution is 0.158. The number of nitrogens with one attached hydrogen (secondary N) is 1. The maximum absolute atomic E-state index is 11.9. The van der Waals surface area contributed by atoms with E-state index >= 15 is 0 Å². The molecule has 0 saturated carbocycles. The summed E-state index contributed by atoms with van der Waals surface area (Å²) in [5, 5.41) is 13.3. The minimum atomic E-state index is -0.102. The van der Waals surface area contributed by atoms with E-state index in [0.29, 0.717) is 13.1 Å². The molecular weight excluding hydrogens is 313 g/mol. The van der Waals surface area contributed by atoms with Crippen LogP contribution in [0.1, 0.15) is 12.8 Å². The topological polar surface area (TPSA) is 55.8 Å². The zero-order valence-electron chi connectivity index (χ0n) is 12.1. The van der Waals surface area contributed by atoms with Gasteiger partial charge in [0.25, 0.3) is 0 Å². The first kappa shape index (κ1) is 16.0. The van der Waals surface area contributed by atoms with E-state index in [1.54, 1.807) is 31.1 Å². The van der Waals surface area contributed by atoms with Gasteiger partial charge in [0, 0.05) is 38.9 Å². The van der Waals surface area contributed by atoms with Crippen molar-refractivity contribution in [3.05, 3.63) is 22.2 Å². The van der Waals surface area contributed by atoms with Gasteiger partial charge in [-0.3, -0.25) is 0 Å². The van der Waals surface area contributed by atoms with Gasteiger partial charge in [-0.25, -0.2) is 4.79 Å². The molecule has 1 aromatic rings. The molecule has 0 aliphatic carbocycles. The van der Waals surface area contributed by atoms with Crippen molar-refractivity contribution in [2.75, 3.05) is 32.5 Å². The summed E-state index contributed by atoms with van der Waals surface area (Å²) < 4.78 is 0. The van der Waals surface area contributed by atoms with Gasteiger partial charge in [0.05, 0.1) is 10.0 Å². The molecule has 1 saturated heterocycles. The van der Waals surface area contributed by atoms with Gasteiger partial charge in [0.1, 0.15) is 0 Å². The predicted octanol–water partition coefficient (Wildman–Crippen LogP) is 3.26. The zero-order chi connectivity index (χ0) is 15.6. The van der Waals surface area contributed by atoms with E-state index in [4.69, 9.17) is 23.2 Å². The number of halogens is 2. The van der Waals surface area contributed by atoms with Crippen molar-refractivity contribution < 1.29 is 9.90 Å². The van der Waals surface area contributed by atoms with Crippen molar-refractivity contribution in [2.45, 2.75) is 18.9 Å². The van der Waals surface area contributed by atoms with Crippen LogP contribution in [-0.2, 0) is 0 Å². The summed E-state index contributed by atoms with van der Waals surface area (Å²) in [5.41, 5.74) is 0.778. The monoisotopic (exact) mass is 331 g/mol. The van der Waals surface area contributed by atoms with Crippen LogP contribution in [0.2, 0.25) is 10.0 Å². The van der Waals surface area contributed by atoms with E-state index in [1.807, 2.05) is 4.90 Å². The summed E-state index contributed by atoms with van der Waals surface area (Å²) in [7, 11) is 3.51. The quantitative estimate of drug-likeness (QED) is 0.818. The zero-order valence-corrected chi connectivity index (χ0v) is 13.6. The van der Waals surface area contributed by atoms with Crippen LogP contribution in [0.3, 0.4) is 0 Å². The molecule has 1 aliphatic heterocycles. The molecule has 0 bridgehead atoms. The number of amides is 2. The Morgan fingerprint density at radius 2 is 1.81 bits per heavy atom. The van der Waals surface area contributed by atoms with Crippen LogP contribution in [0.25, 0.3) is 0 Å². The number of piperidine rings is 1. The number of aromatic hydroxyl groups is 1. The van der Waals surface area contributed by atoms with Crippen molar-refractivity contribution in [1.29, 1.82) is 0 Å². The molecule has 2 N–H and O–H groups in total. The molecule has 5 nitrogen and oxygen atoms in total. The number of nitrogens with zero attached hydrogens (tertiary/aromatic N) is 2. The molecule has 0 aromatic heterocycles. The third-order valence-electron chi connectivity index (χ3n) is 3.54. The van der Waals surface area contributed by atoms with Crippen molar-refractivity contribution in [1.82, 2.24) is 9.80 Å². The average molecular weight is 332 g/mol. The largest absolute Gasteiger partial charge is 0.505 e. The Hall–Kier alpha value is -1.33. The summed E-state index contributed by atoms with van der Waals surface area (Å²) in [6.07, 6.45) is 1.71. The van der Waals surface area contributed by atoms with Crippen LogP contribution >= 0.6 is 23.2 Å². The number of phenols is 1. The first-order valence-electron chi connectivity index (χ1n) is 6.79. The lowest BCUT2D eigenvalue weighted by Gasteiger charge is -2.34. The van der Waals surface area contributed by atoms with E-state index in [9.17, 15) is 9.90 Å².